The molecule has 2 aromatic carbocycles. The van der Waals surface area contributed by atoms with Crippen molar-refractivity contribution < 1.29 is 19.1 Å². The summed E-state index contributed by atoms with van der Waals surface area (Å²) in [6, 6.07) is 16.8. The Balaban J connectivity index is 1.25. The molecule has 0 aliphatic carbocycles. The average molecular weight is 467 g/mol. The molecule has 2 aliphatic heterocycles. The van der Waals surface area contributed by atoms with Gasteiger partial charge in [-0.15, -0.1) is 0 Å². The number of rotatable bonds is 11. The molecule has 2 saturated heterocycles. The van der Waals surface area contributed by atoms with Gasteiger partial charge in [-0.25, -0.2) is 0 Å². The van der Waals surface area contributed by atoms with Crippen LogP contribution in [0.3, 0.4) is 0 Å². The molecule has 0 unspecified atom stereocenters. The van der Waals surface area contributed by atoms with Crippen LogP contribution in [0.1, 0.15) is 17.5 Å². The van der Waals surface area contributed by atoms with Crippen molar-refractivity contribution in [1.82, 2.24) is 20.4 Å². The summed E-state index contributed by atoms with van der Waals surface area (Å²) < 4.78 is 11.5. The molecule has 0 bridgehead atoms. The maximum atomic E-state index is 13.0. The summed E-state index contributed by atoms with van der Waals surface area (Å²) in [6.45, 7) is 3.24. The molecule has 0 spiro atoms. The number of carbonyl (C=O) groups excluding carboxylic acids is 2. The van der Waals surface area contributed by atoms with Crippen LogP contribution in [-0.4, -0.2) is 80.1 Å². The Bertz CT molecular complexity index is 968. The van der Waals surface area contributed by atoms with Gasteiger partial charge >= 0.3 is 0 Å². The lowest BCUT2D eigenvalue weighted by Gasteiger charge is -2.34. The number of fused-ring (bicyclic) bond motifs is 1. The summed E-state index contributed by atoms with van der Waals surface area (Å²) in [7, 11) is 4.04. The van der Waals surface area contributed by atoms with E-state index >= 15 is 0 Å². The number of nitrogens with zero attached hydrogens (tertiary/aromatic N) is 2. The Hall–Kier alpha value is -2.94. The summed E-state index contributed by atoms with van der Waals surface area (Å²) in [5.41, 5.74) is 2.14. The Morgan fingerprint density at radius 1 is 1.09 bits per heavy atom. The minimum absolute atomic E-state index is 0.0574. The van der Waals surface area contributed by atoms with E-state index in [-0.39, 0.29) is 24.5 Å². The molecule has 2 heterocycles. The monoisotopic (exact) mass is 466 g/mol. The smallest absolute Gasteiger partial charge is 0.248 e. The van der Waals surface area contributed by atoms with E-state index in [2.05, 4.69) is 15.5 Å². The largest absolute Gasteiger partial charge is 0.492 e. The molecule has 0 radical (unpaired) electrons. The second kappa shape index (κ2) is 11.5. The molecular formula is C26H34N4O4. The van der Waals surface area contributed by atoms with Crippen molar-refractivity contribution in [3.05, 3.63) is 65.7 Å². The summed E-state index contributed by atoms with van der Waals surface area (Å²) in [5.74, 6) is 0.671. The molecular weight excluding hydrogens is 432 g/mol. The first kappa shape index (κ1) is 24.2. The lowest BCUT2D eigenvalue weighted by Crippen LogP contribution is -2.62. The predicted octanol–water partition coefficient (Wildman–Crippen LogP) is 1.40. The first-order valence-corrected chi connectivity index (χ1v) is 11.8. The highest BCUT2D eigenvalue weighted by Gasteiger charge is 2.46. The van der Waals surface area contributed by atoms with Gasteiger partial charge in [0.05, 0.1) is 13.2 Å². The number of carbonyl (C=O) groups is 2. The van der Waals surface area contributed by atoms with E-state index < -0.39 is 12.1 Å². The van der Waals surface area contributed by atoms with Crippen LogP contribution in [0.4, 0.5) is 0 Å². The van der Waals surface area contributed by atoms with E-state index in [9.17, 15) is 9.59 Å². The molecule has 4 rings (SSSR count). The maximum Gasteiger partial charge on any atom is 0.248 e. The fraction of sp³-hybridized carbons (Fsp3) is 0.462. The Morgan fingerprint density at radius 2 is 1.88 bits per heavy atom. The topological polar surface area (TPSA) is 83.1 Å². The lowest BCUT2D eigenvalue weighted by molar-refractivity contribution is -0.148. The molecule has 2 aromatic rings. The van der Waals surface area contributed by atoms with Crippen molar-refractivity contribution in [2.75, 3.05) is 40.4 Å². The van der Waals surface area contributed by atoms with Gasteiger partial charge in [-0.3, -0.25) is 9.59 Å². The molecule has 0 saturated carbocycles. The van der Waals surface area contributed by atoms with E-state index in [1.807, 2.05) is 68.7 Å². The van der Waals surface area contributed by atoms with Crippen molar-refractivity contribution >= 4 is 11.8 Å². The molecule has 0 aromatic heterocycles. The van der Waals surface area contributed by atoms with E-state index in [1.54, 1.807) is 4.90 Å². The number of hydrogen-bond donors (Lipinski definition) is 2. The van der Waals surface area contributed by atoms with Gasteiger partial charge in [-0.1, -0.05) is 42.5 Å². The average Bonchev–Trinajstić information content (AvgIpc) is 3.27. The zero-order valence-electron chi connectivity index (χ0n) is 19.9. The van der Waals surface area contributed by atoms with Gasteiger partial charge in [0.2, 0.25) is 11.8 Å². The highest BCUT2D eigenvalue weighted by molar-refractivity contribution is 5.97. The molecule has 2 aliphatic rings. The highest BCUT2D eigenvalue weighted by atomic mass is 16.5. The van der Waals surface area contributed by atoms with Crippen molar-refractivity contribution in [1.29, 1.82) is 0 Å². The summed E-state index contributed by atoms with van der Waals surface area (Å²) in [5, 5.41) is 6.36. The molecule has 2 fully saturated rings. The fourth-order valence-electron chi connectivity index (χ4n) is 4.34. The van der Waals surface area contributed by atoms with Crippen LogP contribution in [0, 0.1) is 0 Å². The minimum atomic E-state index is -0.637. The standard InChI is InChI=1S/C26H34N4O4/c1-29(2)11-12-34-22-10-6-9-20(13-22)15-27-21-14-24-25(31)28-23(26(32)30(24)16-21)18-33-17-19-7-4-3-5-8-19/h3-10,13,21,23-24,27H,11-12,14-18H2,1-2H3,(H,28,31)/t21-,23-,24-/m0/s1. The number of amides is 2. The molecule has 8 nitrogen and oxygen atoms in total. The third-order valence-electron chi connectivity index (χ3n) is 6.20. The van der Waals surface area contributed by atoms with Gasteiger partial charge in [-0.2, -0.15) is 0 Å². The minimum Gasteiger partial charge on any atom is -0.492 e. The Morgan fingerprint density at radius 3 is 2.68 bits per heavy atom. The number of piperazine rings is 1. The van der Waals surface area contributed by atoms with Crippen molar-refractivity contribution in [3.63, 3.8) is 0 Å². The van der Waals surface area contributed by atoms with E-state index in [0.29, 0.717) is 32.7 Å². The first-order chi connectivity index (χ1) is 16.5. The number of hydrogen-bond acceptors (Lipinski definition) is 6. The third kappa shape index (κ3) is 6.34. The Kier molecular flexibility index (Phi) is 8.16. The van der Waals surface area contributed by atoms with Gasteiger partial charge in [0.1, 0.15) is 24.4 Å². The van der Waals surface area contributed by atoms with Gasteiger partial charge in [0.25, 0.3) is 0 Å². The number of benzene rings is 2. The van der Waals surface area contributed by atoms with Crippen molar-refractivity contribution in [3.8, 4) is 5.75 Å². The second-order valence-corrected chi connectivity index (χ2v) is 9.18. The quantitative estimate of drug-likeness (QED) is 0.521. The van der Waals surface area contributed by atoms with Crippen LogP contribution in [0.15, 0.2) is 54.6 Å². The highest BCUT2D eigenvalue weighted by Crippen LogP contribution is 2.23. The number of nitrogens with one attached hydrogen (secondary N) is 2. The van der Waals surface area contributed by atoms with E-state index in [4.69, 9.17) is 9.47 Å². The van der Waals surface area contributed by atoms with Crippen LogP contribution in [0.25, 0.3) is 0 Å². The first-order valence-electron chi connectivity index (χ1n) is 11.8. The molecule has 8 heteroatoms. The second-order valence-electron chi connectivity index (χ2n) is 9.18. The van der Waals surface area contributed by atoms with Crippen molar-refractivity contribution in [2.45, 2.75) is 37.7 Å². The van der Waals surface area contributed by atoms with Crippen LogP contribution in [-0.2, 0) is 27.5 Å². The van der Waals surface area contributed by atoms with Gasteiger partial charge in [0, 0.05) is 25.7 Å². The molecule has 182 valence electrons. The Labute approximate surface area is 201 Å². The van der Waals surface area contributed by atoms with Crippen molar-refractivity contribution in [2.24, 2.45) is 0 Å². The fourth-order valence-corrected chi connectivity index (χ4v) is 4.34. The van der Waals surface area contributed by atoms with E-state index in [1.165, 1.54) is 0 Å². The molecule has 3 atom stereocenters. The zero-order chi connectivity index (χ0) is 23.9. The third-order valence-corrected chi connectivity index (χ3v) is 6.20. The SMILES string of the molecule is CN(C)CCOc1cccc(CN[C@H]2C[C@H]3C(=O)N[C@@H](COCc4ccccc4)C(=O)N3C2)c1. The van der Waals surface area contributed by atoms with Crippen LogP contribution >= 0.6 is 0 Å². The van der Waals surface area contributed by atoms with Gasteiger partial charge in [-0.05, 0) is 43.8 Å². The number of likely N-dealkylation sites (N-methyl/N-ethyl adjacent to an activating group) is 1. The van der Waals surface area contributed by atoms with Crippen LogP contribution in [0.5, 0.6) is 5.75 Å². The maximum absolute atomic E-state index is 13.0. The molecule has 34 heavy (non-hydrogen) atoms. The number of ether oxygens (including phenoxy) is 2. The van der Waals surface area contributed by atoms with Gasteiger partial charge in [0.15, 0.2) is 0 Å². The summed E-state index contributed by atoms with van der Waals surface area (Å²) >= 11 is 0. The van der Waals surface area contributed by atoms with Gasteiger partial charge < -0.3 is 29.9 Å². The molecule has 2 amide bonds. The summed E-state index contributed by atoms with van der Waals surface area (Å²) in [6.07, 6.45) is 0.605. The lowest BCUT2D eigenvalue weighted by atomic mass is 10.1. The zero-order valence-corrected chi connectivity index (χ0v) is 19.9. The van der Waals surface area contributed by atoms with Crippen LogP contribution in [0.2, 0.25) is 0 Å². The van der Waals surface area contributed by atoms with Crippen LogP contribution < -0.4 is 15.4 Å². The van der Waals surface area contributed by atoms with E-state index in [0.717, 1.165) is 23.4 Å². The normalized spacial score (nSPS) is 22.1. The predicted molar refractivity (Wildman–Crippen MR) is 129 cm³/mol. The summed E-state index contributed by atoms with van der Waals surface area (Å²) in [4.78, 5) is 29.4. The molecule has 2 N–H and O–H groups in total.